The molecular weight excluding hydrogens is 258 g/mol. The van der Waals surface area contributed by atoms with Crippen LogP contribution in [0.3, 0.4) is 0 Å². The van der Waals surface area contributed by atoms with Crippen molar-refractivity contribution in [2.75, 3.05) is 19.0 Å². The molecule has 0 amide bonds. The van der Waals surface area contributed by atoms with Gasteiger partial charge < -0.3 is 10.1 Å². The van der Waals surface area contributed by atoms with Gasteiger partial charge in [0.1, 0.15) is 12.4 Å². The Balaban J connectivity index is 2.77. The molecule has 1 N–H and O–H groups in total. The molecule has 1 aromatic rings. The average Bonchev–Trinajstić information content (AvgIpc) is 2.23. The van der Waals surface area contributed by atoms with Crippen molar-refractivity contribution < 1.29 is 4.74 Å². The molecule has 84 valence electrons. The minimum Gasteiger partial charge on any atom is -0.373 e. The molecule has 1 rings (SSSR count). The number of halogens is 1. The third-order valence-corrected chi connectivity index (χ3v) is 2.83. The summed E-state index contributed by atoms with van der Waals surface area (Å²) in [7, 11) is 1.84. The lowest BCUT2D eigenvalue weighted by Crippen LogP contribution is -2.05. The number of hydrogen-bond donors (Lipinski definition) is 1. The van der Waals surface area contributed by atoms with Crippen molar-refractivity contribution in [2.45, 2.75) is 26.9 Å². The van der Waals surface area contributed by atoms with E-state index in [1.54, 1.807) is 0 Å². The van der Waals surface area contributed by atoms with E-state index in [0.717, 1.165) is 29.0 Å². The van der Waals surface area contributed by atoms with Crippen LogP contribution >= 0.6 is 15.9 Å². The highest BCUT2D eigenvalue weighted by molar-refractivity contribution is 9.10. The summed E-state index contributed by atoms with van der Waals surface area (Å²) < 4.78 is 6.30. The van der Waals surface area contributed by atoms with E-state index in [2.05, 4.69) is 38.1 Å². The molecular formula is C10H16BrN3O. The Labute approximate surface area is 98.6 Å². The van der Waals surface area contributed by atoms with Gasteiger partial charge in [-0.1, -0.05) is 6.92 Å². The van der Waals surface area contributed by atoms with Crippen LogP contribution in [0.2, 0.25) is 0 Å². The average molecular weight is 274 g/mol. The molecule has 0 spiro atoms. The number of nitrogens with one attached hydrogen (secondary N) is 1. The third kappa shape index (κ3) is 3.43. The zero-order valence-corrected chi connectivity index (χ0v) is 10.9. The Bertz CT molecular complexity index is 331. The molecule has 0 aliphatic carbocycles. The van der Waals surface area contributed by atoms with Crippen LogP contribution in [0.25, 0.3) is 0 Å². The van der Waals surface area contributed by atoms with Gasteiger partial charge in [-0.05, 0) is 29.3 Å². The standard InChI is InChI=1S/C10H16BrN3O/c1-4-5-15-6-8-13-7(2)9(11)10(12-3)14-8/h4-6H2,1-3H3,(H,12,13,14). The molecule has 0 aromatic carbocycles. The molecule has 0 aliphatic rings. The molecule has 1 heterocycles. The lowest BCUT2D eigenvalue weighted by atomic mass is 10.4. The molecule has 0 bridgehead atoms. The molecule has 0 fully saturated rings. The van der Waals surface area contributed by atoms with Crippen molar-refractivity contribution in [1.82, 2.24) is 9.97 Å². The van der Waals surface area contributed by atoms with E-state index in [-0.39, 0.29) is 0 Å². The van der Waals surface area contributed by atoms with Crippen molar-refractivity contribution in [2.24, 2.45) is 0 Å². The van der Waals surface area contributed by atoms with Gasteiger partial charge in [-0.25, -0.2) is 9.97 Å². The van der Waals surface area contributed by atoms with Gasteiger partial charge in [0.15, 0.2) is 5.82 Å². The Kier molecular flexibility index (Phi) is 4.98. The first-order chi connectivity index (χ1) is 7.19. The largest absolute Gasteiger partial charge is 0.373 e. The Hall–Kier alpha value is -0.680. The summed E-state index contributed by atoms with van der Waals surface area (Å²) in [5.41, 5.74) is 0.921. The smallest absolute Gasteiger partial charge is 0.156 e. The van der Waals surface area contributed by atoms with Crippen LogP contribution in [0.5, 0.6) is 0 Å². The molecule has 0 saturated heterocycles. The first-order valence-corrected chi connectivity index (χ1v) is 5.76. The van der Waals surface area contributed by atoms with Crippen molar-refractivity contribution in [3.8, 4) is 0 Å². The van der Waals surface area contributed by atoms with Gasteiger partial charge in [0.25, 0.3) is 0 Å². The fourth-order valence-corrected chi connectivity index (χ4v) is 1.53. The number of aromatic nitrogens is 2. The molecule has 5 heteroatoms. The lowest BCUT2D eigenvalue weighted by molar-refractivity contribution is 0.116. The van der Waals surface area contributed by atoms with E-state index in [1.807, 2.05) is 14.0 Å². The minimum atomic E-state index is 0.469. The van der Waals surface area contributed by atoms with Gasteiger partial charge >= 0.3 is 0 Å². The highest BCUT2D eigenvalue weighted by atomic mass is 79.9. The second kappa shape index (κ2) is 6.02. The van der Waals surface area contributed by atoms with E-state index in [0.29, 0.717) is 12.4 Å². The van der Waals surface area contributed by atoms with Crippen molar-refractivity contribution in [3.05, 3.63) is 16.0 Å². The van der Waals surface area contributed by atoms with Crippen LogP contribution in [0.4, 0.5) is 5.82 Å². The van der Waals surface area contributed by atoms with Gasteiger partial charge in [0.2, 0.25) is 0 Å². The normalized spacial score (nSPS) is 10.4. The molecule has 0 unspecified atom stereocenters. The van der Waals surface area contributed by atoms with Crippen LogP contribution in [0, 0.1) is 6.92 Å². The van der Waals surface area contributed by atoms with Crippen LogP contribution in [0.1, 0.15) is 24.9 Å². The first-order valence-electron chi connectivity index (χ1n) is 4.97. The van der Waals surface area contributed by atoms with Crippen LogP contribution in [-0.4, -0.2) is 23.6 Å². The minimum absolute atomic E-state index is 0.469. The fraction of sp³-hybridized carbons (Fsp3) is 0.600. The fourth-order valence-electron chi connectivity index (χ4n) is 1.16. The zero-order valence-electron chi connectivity index (χ0n) is 9.30. The van der Waals surface area contributed by atoms with Crippen LogP contribution in [0.15, 0.2) is 4.47 Å². The maximum atomic E-state index is 5.40. The molecule has 0 radical (unpaired) electrons. The molecule has 0 saturated carbocycles. The van der Waals surface area contributed by atoms with Crippen molar-refractivity contribution in [1.29, 1.82) is 0 Å². The van der Waals surface area contributed by atoms with Gasteiger partial charge in [-0.3, -0.25) is 0 Å². The van der Waals surface area contributed by atoms with E-state index in [1.165, 1.54) is 0 Å². The van der Waals surface area contributed by atoms with E-state index in [9.17, 15) is 0 Å². The Morgan fingerprint density at radius 3 is 2.73 bits per heavy atom. The van der Waals surface area contributed by atoms with Gasteiger partial charge in [0, 0.05) is 13.7 Å². The quantitative estimate of drug-likeness (QED) is 0.838. The first kappa shape index (κ1) is 12.4. The number of ether oxygens (including phenoxy) is 1. The monoisotopic (exact) mass is 273 g/mol. The number of nitrogens with zero attached hydrogens (tertiary/aromatic N) is 2. The van der Waals surface area contributed by atoms with Gasteiger partial charge in [-0.2, -0.15) is 0 Å². The van der Waals surface area contributed by atoms with E-state index < -0.39 is 0 Å². The topological polar surface area (TPSA) is 47.0 Å². The second-order valence-corrected chi connectivity index (χ2v) is 3.98. The predicted molar refractivity (Wildman–Crippen MR) is 64.0 cm³/mol. The molecule has 15 heavy (non-hydrogen) atoms. The van der Waals surface area contributed by atoms with E-state index >= 15 is 0 Å². The SMILES string of the molecule is CCCOCc1nc(C)c(Br)c(NC)n1. The molecule has 0 atom stereocenters. The maximum Gasteiger partial charge on any atom is 0.156 e. The summed E-state index contributed by atoms with van der Waals surface area (Å²) in [6, 6.07) is 0. The summed E-state index contributed by atoms with van der Waals surface area (Å²) in [6.07, 6.45) is 1.01. The highest BCUT2D eigenvalue weighted by Gasteiger charge is 2.07. The third-order valence-electron chi connectivity index (χ3n) is 1.88. The summed E-state index contributed by atoms with van der Waals surface area (Å²) >= 11 is 3.43. The van der Waals surface area contributed by atoms with Gasteiger partial charge in [-0.15, -0.1) is 0 Å². The number of rotatable bonds is 5. The summed E-state index contributed by atoms with van der Waals surface area (Å²) in [6.45, 7) is 5.23. The van der Waals surface area contributed by atoms with E-state index in [4.69, 9.17) is 4.74 Å². The summed E-state index contributed by atoms with van der Waals surface area (Å²) in [5, 5.41) is 3.01. The lowest BCUT2D eigenvalue weighted by Gasteiger charge is -2.08. The Morgan fingerprint density at radius 1 is 1.40 bits per heavy atom. The molecule has 0 aliphatic heterocycles. The van der Waals surface area contributed by atoms with Crippen LogP contribution < -0.4 is 5.32 Å². The number of anilines is 1. The van der Waals surface area contributed by atoms with Crippen molar-refractivity contribution in [3.63, 3.8) is 0 Å². The number of aryl methyl sites for hydroxylation is 1. The highest BCUT2D eigenvalue weighted by Crippen LogP contribution is 2.22. The molecule has 1 aromatic heterocycles. The van der Waals surface area contributed by atoms with Crippen LogP contribution in [-0.2, 0) is 11.3 Å². The molecule has 4 nitrogen and oxygen atoms in total. The summed E-state index contributed by atoms with van der Waals surface area (Å²) in [4.78, 5) is 8.66. The zero-order chi connectivity index (χ0) is 11.3. The maximum absolute atomic E-state index is 5.40. The van der Waals surface area contributed by atoms with Gasteiger partial charge in [0.05, 0.1) is 10.2 Å². The number of hydrogen-bond acceptors (Lipinski definition) is 4. The predicted octanol–water partition coefficient (Wildman–Crippen LogP) is 2.52. The Morgan fingerprint density at radius 2 is 2.13 bits per heavy atom. The second-order valence-electron chi connectivity index (χ2n) is 3.19. The van der Waals surface area contributed by atoms with Crippen molar-refractivity contribution >= 4 is 21.7 Å². The summed E-state index contributed by atoms with van der Waals surface area (Å²) in [5.74, 6) is 1.52.